The molecule has 0 radical (unpaired) electrons. The summed E-state index contributed by atoms with van der Waals surface area (Å²) >= 11 is 8.75. The largest absolute Gasteiger partial charge is 0.490 e. The van der Waals surface area contributed by atoms with Crippen LogP contribution in [0.4, 0.5) is 5.69 Å². The van der Waals surface area contributed by atoms with Crippen LogP contribution in [0.2, 0.25) is 0 Å². The van der Waals surface area contributed by atoms with Crippen LogP contribution in [0.5, 0.6) is 5.75 Å². The number of hydrogen-bond acceptors (Lipinski definition) is 5. The summed E-state index contributed by atoms with van der Waals surface area (Å²) in [6.07, 6.45) is 0. The van der Waals surface area contributed by atoms with Gasteiger partial charge in [-0.1, -0.05) is 42.5 Å². The van der Waals surface area contributed by atoms with Crippen molar-refractivity contribution in [3.8, 4) is 5.75 Å². The van der Waals surface area contributed by atoms with E-state index in [1.165, 1.54) is 0 Å². The molecule has 0 fully saturated rings. The molecule has 2 amide bonds. The van der Waals surface area contributed by atoms with Crippen LogP contribution in [0.15, 0.2) is 77.3 Å². The van der Waals surface area contributed by atoms with Crippen molar-refractivity contribution >= 4 is 50.8 Å². The molecular weight excluding hydrogens is 530 g/mol. The Morgan fingerprint density at radius 2 is 1.71 bits per heavy atom. The standard InChI is InChI=1S/C26H26BrN3O4S/c1-30(17-18-8-4-3-5-9-18)25(32)20-10-6-7-11-22(20)28-26(35)29-24(31)19-12-13-23(21(27)16-19)34-15-14-33-2/h3-13,16H,14-15,17H2,1-2H3,(H2,28,29,31,35). The van der Waals surface area contributed by atoms with Gasteiger partial charge in [0.1, 0.15) is 12.4 Å². The number of methoxy groups -OCH3 is 1. The number of hydrogen-bond donors (Lipinski definition) is 2. The summed E-state index contributed by atoms with van der Waals surface area (Å²) in [6, 6.07) is 21.8. The third-order valence-electron chi connectivity index (χ3n) is 4.98. The highest BCUT2D eigenvalue weighted by Gasteiger charge is 2.17. The molecule has 182 valence electrons. The number of carbonyl (C=O) groups excluding carboxylic acids is 2. The molecule has 3 aromatic rings. The Hall–Kier alpha value is -3.27. The molecule has 0 saturated heterocycles. The van der Waals surface area contributed by atoms with E-state index in [4.69, 9.17) is 21.7 Å². The summed E-state index contributed by atoms with van der Waals surface area (Å²) in [6.45, 7) is 1.32. The molecule has 3 rings (SSSR count). The minimum Gasteiger partial charge on any atom is -0.490 e. The van der Waals surface area contributed by atoms with E-state index in [-0.39, 0.29) is 11.0 Å². The van der Waals surface area contributed by atoms with E-state index in [0.29, 0.717) is 46.8 Å². The molecule has 0 bridgehead atoms. The predicted molar refractivity (Wildman–Crippen MR) is 144 cm³/mol. The van der Waals surface area contributed by atoms with Crippen molar-refractivity contribution in [2.45, 2.75) is 6.54 Å². The molecule has 0 aliphatic heterocycles. The van der Waals surface area contributed by atoms with Crippen molar-refractivity contribution in [1.82, 2.24) is 10.2 Å². The van der Waals surface area contributed by atoms with E-state index in [1.54, 1.807) is 61.5 Å². The van der Waals surface area contributed by atoms with E-state index in [9.17, 15) is 9.59 Å². The average Bonchev–Trinajstić information content (AvgIpc) is 2.85. The summed E-state index contributed by atoms with van der Waals surface area (Å²) < 4.78 is 11.2. The SMILES string of the molecule is COCCOc1ccc(C(=O)NC(=S)Nc2ccccc2C(=O)N(C)Cc2ccccc2)cc1Br. The van der Waals surface area contributed by atoms with Gasteiger partial charge in [-0.05, 0) is 64.0 Å². The van der Waals surface area contributed by atoms with Crippen LogP contribution in [0.1, 0.15) is 26.3 Å². The molecule has 0 unspecified atom stereocenters. The van der Waals surface area contributed by atoms with Crippen LogP contribution >= 0.6 is 28.1 Å². The lowest BCUT2D eigenvalue weighted by Gasteiger charge is -2.20. The highest BCUT2D eigenvalue weighted by molar-refractivity contribution is 9.10. The number of anilines is 1. The number of halogens is 1. The molecule has 7 nitrogen and oxygen atoms in total. The van der Waals surface area contributed by atoms with Gasteiger partial charge >= 0.3 is 0 Å². The van der Waals surface area contributed by atoms with Crippen molar-refractivity contribution < 1.29 is 19.1 Å². The zero-order chi connectivity index (χ0) is 25.2. The number of nitrogens with one attached hydrogen (secondary N) is 2. The maximum Gasteiger partial charge on any atom is 0.257 e. The lowest BCUT2D eigenvalue weighted by molar-refractivity contribution is 0.0786. The van der Waals surface area contributed by atoms with Gasteiger partial charge in [0.05, 0.1) is 22.3 Å². The number of nitrogens with zero attached hydrogens (tertiary/aromatic N) is 1. The second kappa shape index (κ2) is 13.0. The van der Waals surface area contributed by atoms with Crippen molar-refractivity contribution in [1.29, 1.82) is 0 Å². The Morgan fingerprint density at radius 1 is 1.00 bits per heavy atom. The van der Waals surface area contributed by atoms with Crippen molar-refractivity contribution in [3.05, 3.63) is 94.0 Å². The van der Waals surface area contributed by atoms with Crippen LogP contribution in [-0.4, -0.2) is 49.2 Å². The van der Waals surface area contributed by atoms with E-state index < -0.39 is 5.91 Å². The summed E-state index contributed by atoms with van der Waals surface area (Å²) in [5, 5.41) is 5.71. The molecule has 0 aliphatic rings. The van der Waals surface area contributed by atoms with Crippen LogP contribution in [0, 0.1) is 0 Å². The van der Waals surface area contributed by atoms with Crippen LogP contribution in [0.3, 0.4) is 0 Å². The molecule has 2 N–H and O–H groups in total. The fraction of sp³-hybridized carbons (Fsp3) is 0.192. The molecular formula is C26H26BrN3O4S. The summed E-state index contributed by atoms with van der Waals surface area (Å²) in [5.41, 5.74) is 2.37. The fourth-order valence-electron chi connectivity index (χ4n) is 3.24. The molecule has 0 atom stereocenters. The highest BCUT2D eigenvalue weighted by Crippen LogP contribution is 2.26. The number of benzene rings is 3. The first kappa shape index (κ1) is 26.3. The maximum absolute atomic E-state index is 13.1. The lowest BCUT2D eigenvalue weighted by atomic mass is 10.1. The van der Waals surface area contributed by atoms with Crippen molar-refractivity contribution in [2.24, 2.45) is 0 Å². The summed E-state index contributed by atoms with van der Waals surface area (Å²) in [4.78, 5) is 27.4. The topological polar surface area (TPSA) is 79.9 Å². The maximum atomic E-state index is 13.1. The Morgan fingerprint density at radius 3 is 2.43 bits per heavy atom. The smallest absolute Gasteiger partial charge is 0.257 e. The molecule has 9 heteroatoms. The third kappa shape index (κ3) is 7.61. The normalized spacial score (nSPS) is 10.4. The number of rotatable bonds is 9. The van der Waals surface area contributed by atoms with E-state index in [1.807, 2.05) is 30.3 Å². The Bertz CT molecular complexity index is 1190. The van der Waals surface area contributed by atoms with Crippen LogP contribution in [0.25, 0.3) is 0 Å². The van der Waals surface area contributed by atoms with E-state index >= 15 is 0 Å². The quantitative estimate of drug-likeness (QED) is 0.289. The van der Waals surface area contributed by atoms with E-state index in [0.717, 1.165) is 5.56 Å². The Balaban J connectivity index is 1.64. The Kier molecular flexibility index (Phi) is 9.77. The first-order valence-electron chi connectivity index (χ1n) is 10.8. The zero-order valence-corrected chi connectivity index (χ0v) is 21.8. The zero-order valence-electron chi connectivity index (χ0n) is 19.4. The van der Waals surface area contributed by atoms with Gasteiger partial charge in [-0.15, -0.1) is 0 Å². The van der Waals surface area contributed by atoms with Gasteiger partial charge in [-0.2, -0.15) is 0 Å². The first-order valence-corrected chi connectivity index (χ1v) is 12.0. The van der Waals surface area contributed by atoms with Gasteiger partial charge in [-0.3, -0.25) is 14.9 Å². The molecule has 0 spiro atoms. The van der Waals surface area contributed by atoms with Gasteiger partial charge in [0.2, 0.25) is 0 Å². The van der Waals surface area contributed by atoms with Crippen LogP contribution < -0.4 is 15.4 Å². The fourth-order valence-corrected chi connectivity index (χ4v) is 3.93. The lowest BCUT2D eigenvalue weighted by Crippen LogP contribution is -2.35. The minimum absolute atomic E-state index is 0.0810. The second-order valence-corrected chi connectivity index (χ2v) is 8.85. The molecule has 35 heavy (non-hydrogen) atoms. The first-order chi connectivity index (χ1) is 16.9. The number of thiocarbonyl (C=S) groups is 1. The summed E-state index contributed by atoms with van der Waals surface area (Å²) in [5.74, 6) is 0.0436. The predicted octanol–water partition coefficient (Wildman–Crippen LogP) is 4.87. The van der Waals surface area contributed by atoms with E-state index in [2.05, 4.69) is 26.6 Å². The Labute approximate surface area is 218 Å². The van der Waals surface area contributed by atoms with Crippen molar-refractivity contribution in [2.75, 3.05) is 32.7 Å². The van der Waals surface area contributed by atoms with Gasteiger partial charge in [0.25, 0.3) is 11.8 Å². The monoisotopic (exact) mass is 555 g/mol. The molecule has 0 heterocycles. The highest BCUT2D eigenvalue weighted by atomic mass is 79.9. The second-order valence-electron chi connectivity index (χ2n) is 7.59. The van der Waals surface area contributed by atoms with Gasteiger partial charge in [0.15, 0.2) is 5.11 Å². The van der Waals surface area contributed by atoms with Crippen LogP contribution in [-0.2, 0) is 11.3 Å². The molecule has 0 aromatic heterocycles. The van der Waals surface area contributed by atoms with Gasteiger partial charge < -0.3 is 19.7 Å². The summed E-state index contributed by atoms with van der Waals surface area (Å²) in [7, 11) is 3.34. The number of ether oxygens (including phenoxy) is 2. The number of para-hydroxylation sites is 1. The molecule has 0 saturated carbocycles. The number of amides is 2. The minimum atomic E-state index is -0.392. The molecule has 3 aromatic carbocycles. The average molecular weight is 556 g/mol. The molecule has 0 aliphatic carbocycles. The van der Waals surface area contributed by atoms with Crippen molar-refractivity contribution in [3.63, 3.8) is 0 Å². The number of carbonyl (C=O) groups is 2. The third-order valence-corrected chi connectivity index (χ3v) is 5.80. The van der Waals surface area contributed by atoms with Gasteiger partial charge in [-0.25, -0.2) is 0 Å². The van der Waals surface area contributed by atoms with Gasteiger partial charge in [0, 0.05) is 26.3 Å².